The molecule has 1 amide bonds. The summed E-state index contributed by atoms with van der Waals surface area (Å²) in [5.41, 5.74) is 3.19. The molecule has 132 valence electrons. The molecular weight excluding hydrogens is 304 g/mol. The number of rotatable bonds is 6. The molecule has 1 unspecified atom stereocenters. The van der Waals surface area contributed by atoms with Gasteiger partial charge in [-0.1, -0.05) is 45.9 Å². The van der Waals surface area contributed by atoms with Crippen molar-refractivity contribution in [2.75, 3.05) is 25.0 Å². The molecule has 1 aliphatic heterocycles. The van der Waals surface area contributed by atoms with E-state index < -0.39 is 5.97 Å². The number of likely N-dealkylation sites (tertiary alicyclic amines) is 1. The summed E-state index contributed by atoms with van der Waals surface area (Å²) in [6.07, 6.45) is 0.614. The third kappa shape index (κ3) is 4.35. The van der Waals surface area contributed by atoms with E-state index in [0.29, 0.717) is 31.3 Å². The molecular formula is C19H28N2O3. The van der Waals surface area contributed by atoms with Gasteiger partial charge in [-0.25, -0.2) is 0 Å². The van der Waals surface area contributed by atoms with Gasteiger partial charge in [0.25, 0.3) is 0 Å². The van der Waals surface area contributed by atoms with Crippen LogP contribution in [0.5, 0.6) is 0 Å². The van der Waals surface area contributed by atoms with Crippen LogP contribution in [0.25, 0.3) is 0 Å². The predicted molar refractivity (Wildman–Crippen MR) is 95.4 cm³/mol. The summed E-state index contributed by atoms with van der Waals surface area (Å²) in [7, 11) is 0. The number of para-hydroxylation sites is 1. The molecule has 0 saturated carbocycles. The van der Waals surface area contributed by atoms with Crippen LogP contribution in [0, 0.1) is 5.92 Å². The van der Waals surface area contributed by atoms with Crippen LogP contribution >= 0.6 is 0 Å². The van der Waals surface area contributed by atoms with E-state index in [1.54, 1.807) is 0 Å². The maximum Gasteiger partial charge on any atom is 0.307 e. The number of amides is 1. The molecule has 5 heteroatoms. The van der Waals surface area contributed by atoms with Crippen LogP contribution in [0.2, 0.25) is 0 Å². The van der Waals surface area contributed by atoms with Gasteiger partial charge in [0, 0.05) is 12.2 Å². The lowest BCUT2D eigenvalue weighted by Crippen LogP contribution is -2.33. The quantitative estimate of drug-likeness (QED) is 0.839. The molecule has 1 aromatic carbocycles. The van der Waals surface area contributed by atoms with Gasteiger partial charge in [0.1, 0.15) is 0 Å². The minimum absolute atomic E-state index is 0.0731. The van der Waals surface area contributed by atoms with Crippen molar-refractivity contribution in [3.8, 4) is 0 Å². The van der Waals surface area contributed by atoms with Crippen molar-refractivity contribution in [3.63, 3.8) is 0 Å². The van der Waals surface area contributed by atoms with E-state index in [4.69, 9.17) is 5.11 Å². The van der Waals surface area contributed by atoms with Crippen LogP contribution in [-0.2, 0) is 9.59 Å². The van der Waals surface area contributed by atoms with Crippen molar-refractivity contribution in [2.24, 2.45) is 5.92 Å². The highest BCUT2D eigenvalue weighted by atomic mass is 16.4. The number of hydrogen-bond acceptors (Lipinski definition) is 3. The number of hydrogen-bond donors (Lipinski definition) is 2. The minimum atomic E-state index is -0.773. The summed E-state index contributed by atoms with van der Waals surface area (Å²) in [4.78, 5) is 25.4. The van der Waals surface area contributed by atoms with Crippen molar-refractivity contribution in [1.82, 2.24) is 4.90 Å². The average Bonchev–Trinajstić information content (AvgIpc) is 2.95. The predicted octanol–water partition coefficient (Wildman–Crippen LogP) is 3.28. The zero-order chi connectivity index (χ0) is 17.9. The Labute approximate surface area is 144 Å². The SMILES string of the molecule is CC(C)c1cccc(C(C)C)c1NC(=O)CN1CCC(C(=O)O)C1. The summed E-state index contributed by atoms with van der Waals surface area (Å²) in [6, 6.07) is 6.16. The first kappa shape index (κ1) is 18.5. The highest BCUT2D eigenvalue weighted by Crippen LogP contribution is 2.32. The normalized spacial score (nSPS) is 18.3. The summed E-state index contributed by atoms with van der Waals surface area (Å²) in [5.74, 6) is -0.558. The van der Waals surface area contributed by atoms with Gasteiger partial charge in [0.2, 0.25) is 5.91 Å². The Kier molecular flexibility index (Phi) is 5.99. The molecule has 1 aliphatic rings. The van der Waals surface area contributed by atoms with Crippen molar-refractivity contribution >= 4 is 17.6 Å². The fraction of sp³-hybridized carbons (Fsp3) is 0.579. The minimum Gasteiger partial charge on any atom is -0.481 e. The maximum absolute atomic E-state index is 12.5. The third-order valence-electron chi connectivity index (χ3n) is 4.63. The molecule has 0 radical (unpaired) electrons. The van der Waals surface area contributed by atoms with Crippen molar-refractivity contribution in [3.05, 3.63) is 29.3 Å². The Bertz CT molecular complexity index is 584. The van der Waals surface area contributed by atoms with Gasteiger partial charge >= 0.3 is 5.97 Å². The van der Waals surface area contributed by atoms with Gasteiger partial charge in [-0.2, -0.15) is 0 Å². The molecule has 1 heterocycles. The van der Waals surface area contributed by atoms with Crippen LogP contribution in [0.1, 0.15) is 57.1 Å². The number of benzene rings is 1. The van der Waals surface area contributed by atoms with Gasteiger partial charge in [0.05, 0.1) is 12.5 Å². The largest absolute Gasteiger partial charge is 0.481 e. The Morgan fingerprint density at radius 2 is 1.79 bits per heavy atom. The van der Waals surface area contributed by atoms with E-state index in [-0.39, 0.29) is 18.4 Å². The fourth-order valence-corrected chi connectivity index (χ4v) is 3.26. The number of aliphatic carboxylic acids is 1. The molecule has 1 aromatic rings. The molecule has 1 saturated heterocycles. The lowest BCUT2D eigenvalue weighted by molar-refractivity contribution is -0.141. The summed E-state index contributed by atoms with van der Waals surface area (Å²) >= 11 is 0. The first-order valence-electron chi connectivity index (χ1n) is 8.67. The highest BCUT2D eigenvalue weighted by molar-refractivity contribution is 5.94. The van der Waals surface area contributed by atoms with Crippen LogP contribution in [0.15, 0.2) is 18.2 Å². The molecule has 0 bridgehead atoms. The molecule has 2 rings (SSSR count). The zero-order valence-corrected chi connectivity index (χ0v) is 15.0. The third-order valence-corrected chi connectivity index (χ3v) is 4.63. The Morgan fingerprint density at radius 1 is 1.21 bits per heavy atom. The van der Waals surface area contributed by atoms with E-state index >= 15 is 0 Å². The fourth-order valence-electron chi connectivity index (χ4n) is 3.26. The van der Waals surface area contributed by atoms with Gasteiger partial charge in [-0.15, -0.1) is 0 Å². The van der Waals surface area contributed by atoms with Gasteiger partial charge < -0.3 is 10.4 Å². The van der Waals surface area contributed by atoms with Crippen LogP contribution < -0.4 is 5.32 Å². The monoisotopic (exact) mass is 332 g/mol. The lowest BCUT2D eigenvalue weighted by atomic mass is 9.92. The van der Waals surface area contributed by atoms with E-state index in [9.17, 15) is 9.59 Å². The van der Waals surface area contributed by atoms with Crippen molar-refractivity contribution in [1.29, 1.82) is 0 Å². The Morgan fingerprint density at radius 3 is 2.25 bits per heavy atom. The van der Waals surface area contributed by atoms with Gasteiger partial charge in [-0.05, 0) is 35.9 Å². The standard InChI is InChI=1S/C19H28N2O3/c1-12(2)15-6-5-7-16(13(3)4)18(15)20-17(22)11-21-9-8-14(10-21)19(23)24/h5-7,12-14H,8-11H2,1-4H3,(H,20,22)(H,23,24). The first-order chi connectivity index (χ1) is 11.3. The number of carboxylic acids is 1. The number of carboxylic acid groups (broad SMARTS) is 1. The second kappa shape index (κ2) is 7.79. The molecule has 5 nitrogen and oxygen atoms in total. The summed E-state index contributed by atoms with van der Waals surface area (Å²) < 4.78 is 0. The molecule has 24 heavy (non-hydrogen) atoms. The van der Waals surface area contributed by atoms with Crippen LogP contribution in [0.3, 0.4) is 0 Å². The smallest absolute Gasteiger partial charge is 0.307 e. The van der Waals surface area contributed by atoms with E-state index in [0.717, 1.165) is 16.8 Å². The molecule has 2 N–H and O–H groups in total. The van der Waals surface area contributed by atoms with E-state index in [1.165, 1.54) is 0 Å². The number of carbonyl (C=O) groups is 2. The number of anilines is 1. The number of nitrogens with one attached hydrogen (secondary N) is 1. The van der Waals surface area contributed by atoms with Crippen molar-refractivity contribution in [2.45, 2.75) is 46.0 Å². The second-order valence-electron chi connectivity index (χ2n) is 7.23. The Hall–Kier alpha value is -1.88. The number of nitrogens with zero attached hydrogens (tertiary/aromatic N) is 1. The maximum atomic E-state index is 12.5. The summed E-state index contributed by atoms with van der Waals surface area (Å²) in [6.45, 7) is 9.83. The van der Waals surface area contributed by atoms with Gasteiger partial charge in [-0.3, -0.25) is 14.5 Å². The molecule has 1 fully saturated rings. The first-order valence-corrected chi connectivity index (χ1v) is 8.67. The second-order valence-corrected chi connectivity index (χ2v) is 7.23. The summed E-state index contributed by atoms with van der Waals surface area (Å²) in [5, 5.41) is 12.2. The topological polar surface area (TPSA) is 69.6 Å². The van der Waals surface area contributed by atoms with Crippen LogP contribution in [-0.4, -0.2) is 41.5 Å². The number of carbonyl (C=O) groups excluding carboxylic acids is 1. The molecule has 0 aliphatic carbocycles. The van der Waals surface area contributed by atoms with E-state index in [1.807, 2.05) is 11.0 Å². The molecule has 0 spiro atoms. The van der Waals surface area contributed by atoms with Gasteiger partial charge in [0.15, 0.2) is 0 Å². The lowest BCUT2D eigenvalue weighted by Gasteiger charge is -2.21. The average molecular weight is 332 g/mol. The Balaban J connectivity index is 2.10. The molecule has 0 aromatic heterocycles. The van der Waals surface area contributed by atoms with E-state index in [2.05, 4.69) is 45.1 Å². The van der Waals surface area contributed by atoms with Crippen LogP contribution in [0.4, 0.5) is 5.69 Å². The van der Waals surface area contributed by atoms with Crippen molar-refractivity contribution < 1.29 is 14.7 Å². The zero-order valence-electron chi connectivity index (χ0n) is 15.0. The highest BCUT2D eigenvalue weighted by Gasteiger charge is 2.29. The molecule has 1 atom stereocenters.